The van der Waals surface area contributed by atoms with Crippen LogP contribution in [0.4, 0.5) is 5.95 Å². The highest BCUT2D eigenvalue weighted by Crippen LogP contribution is 2.25. The molecule has 10 heteroatoms. The number of nitrogens with zero attached hydrogens (tertiary/aromatic N) is 4. The fourth-order valence-corrected chi connectivity index (χ4v) is 3.23. The lowest BCUT2D eigenvalue weighted by molar-refractivity contribution is 0.114. The van der Waals surface area contributed by atoms with Crippen molar-refractivity contribution in [1.82, 2.24) is 25.3 Å². The molecule has 2 N–H and O–H groups in total. The SMILES string of the molecule is S=C(NC[C@@H]1CCCO1)Nc1nc(Cl)cc(Sc2ncccn2)n1. The Hall–Kier alpha value is -1.55. The normalized spacial score (nSPS) is 16.8. The Morgan fingerprint density at radius 3 is 2.96 bits per heavy atom. The molecular formula is C14H15ClN6OS2. The quantitative estimate of drug-likeness (QED) is 0.460. The molecule has 0 aromatic carbocycles. The first-order chi connectivity index (χ1) is 11.7. The number of thiocarbonyl (C=S) groups is 1. The zero-order valence-corrected chi connectivity index (χ0v) is 15.0. The van der Waals surface area contributed by atoms with Crippen molar-refractivity contribution >= 4 is 46.6 Å². The van der Waals surface area contributed by atoms with Crippen molar-refractivity contribution in [2.24, 2.45) is 0 Å². The molecule has 1 aliphatic heterocycles. The van der Waals surface area contributed by atoms with E-state index in [0.29, 0.717) is 32.9 Å². The van der Waals surface area contributed by atoms with Crippen LogP contribution < -0.4 is 10.6 Å². The van der Waals surface area contributed by atoms with Gasteiger partial charge < -0.3 is 15.4 Å². The van der Waals surface area contributed by atoms with Crippen LogP contribution in [0.2, 0.25) is 5.15 Å². The van der Waals surface area contributed by atoms with E-state index < -0.39 is 0 Å². The van der Waals surface area contributed by atoms with E-state index in [0.717, 1.165) is 19.4 Å². The summed E-state index contributed by atoms with van der Waals surface area (Å²) in [5.74, 6) is 0.325. The summed E-state index contributed by atoms with van der Waals surface area (Å²) in [6, 6.07) is 3.40. The summed E-state index contributed by atoms with van der Waals surface area (Å²) in [6.07, 6.45) is 5.67. The number of nitrogens with one attached hydrogen (secondary N) is 2. The molecule has 0 radical (unpaired) electrons. The van der Waals surface area contributed by atoms with Crippen molar-refractivity contribution in [2.45, 2.75) is 29.1 Å². The van der Waals surface area contributed by atoms with E-state index in [1.165, 1.54) is 11.8 Å². The van der Waals surface area contributed by atoms with E-state index in [1.54, 1.807) is 24.5 Å². The number of aromatic nitrogens is 4. The minimum Gasteiger partial charge on any atom is -0.376 e. The molecule has 3 rings (SSSR count). The number of ether oxygens (including phenoxy) is 1. The van der Waals surface area contributed by atoms with Crippen LogP contribution in [0, 0.1) is 0 Å². The van der Waals surface area contributed by atoms with Crippen molar-refractivity contribution < 1.29 is 4.74 Å². The van der Waals surface area contributed by atoms with Gasteiger partial charge in [-0.1, -0.05) is 11.6 Å². The van der Waals surface area contributed by atoms with E-state index in [1.807, 2.05) is 0 Å². The number of rotatable bonds is 5. The van der Waals surface area contributed by atoms with Crippen molar-refractivity contribution in [3.05, 3.63) is 29.7 Å². The molecule has 1 fully saturated rings. The topological polar surface area (TPSA) is 84.9 Å². The molecule has 1 atom stereocenters. The van der Waals surface area contributed by atoms with Gasteiger partial charge in [0, 0.05) is 31.6 Å². The van der Waals surface area contributed by atoms with Gasteiger partial charge in [0.2, 0.25) is 5.95 Å². The highest BCUT2D eigenvalue weighted by Gasteiger charge is 2.15. The van der Waals surface area contributed by atoms with E-state index in [9.17, 15) is 0 Å². The Kier molecular flexibility index (Phi) is 6.13. The fraction of sp³-hybridized carbons (Fsp3) is 0.357. The predicted molar refractivity (Wildman–Crippen MR) is 96.4 cm³/mol. The monoisotopic (exact) mass is 382 g/mol. The Balaban J connectivity index is 1.59. The number of anilines is 1. The van der Waals surface area contributed by atoms with Crippen LogP contribution in [0.1, 0.15) is 12.8 Å². The minimum absolute atomic E-state index is 0.200. The summed E-state index contributed by atoms with van der Waals surface area (Å²) in [5.41, 5.74) is 0. The molecule has 2 aromatic rings. The predicted octanol–water partition coefficient (Wildman–Crippen LogP) is 2.54. The van der Waals surface area contributed by atoms with Crippen molar-refractivity contribution in [1.29, 1.82) is 0 Å². The summed E-state index contributed by atoms with van der Waals surface area (Å²) in [4.78, 5) is 16.8. The van der Waals surface area contributed by atoms with Gasteiger partial charge in [-0.25, -0.2) is 19.9 Å². The molecule has 0 aliphatic carbocycles. The van der Waals surface area contributed by atoms with E-state index in [2.05, 4.69) is 30.6 Å². The van der Waals surface area contributed by atoms with Gasteiger partial charge in [0.1, 0.15) is 10.2 Å². The summed E-state index contributed by atoms with van der Waals surface area (Å²) >= 11 is 12.6. The molecule has 0 spiro atoms. The van der Waals surface area contributed by atoms with Crippen molar-refractivity contribution in [3.63, 3.8) is 0 Å². The zero-order chi connectivity index (χ0) is 16.8. The molecule has 24 heavy (non-hydrogen) atoms. The third-order valence-electron chi connectivity index (χ3n) is 3.15. The van der Waals surface area contributed by atoms with Gasteiger partial charge in [-0.05, 0) is 42.9 Å². The Morgan fingerprint density at radius 2 is 2.21 bits per heavy atom. The Labute approximate surface area is 154 Å². The van der Waals surface area contributed by atoms with Crippen LogP contribution in [0.5, 0.6) is 0 Å². The molecule has 1 saturated heterocycles. The first-order valence-electron chi connectivity index (χ1n) is 7.35. The van der Waals surface area contributed by atoms with E-state index in [4.69, 9.17) is 28.6 Å². The van der Waals surface area contributed by atoms with Crippen LogP contribution in [0.3, 0.4) is 0 Å². The Morgan fingerprint density at radius 1 is 1.38 bits per heavy atom. The maximum Gasteiger partial charge on any atom is 0.231 e. The highest BCUT2D eigenvalue weighted by atomic mass is 35.5. The van der Waals surface area contributed by atoms with Gasteiger partial charge in [-0.2, -0.15) is 0 Å². The lowest BCUT2D eigenvalue weighted by Gasteiger charge is -2.13. The molecule has 7 nitrogen and oxygen atoms in total. The summed E-state index contributed by atoms with van der Waals surface area (Å²) in [6.45, 7) is 1.47. The molecule has 2 aromatic heterocycles. The summed E-state index contributed by atoms with van der Waals surface area (Å²) in [7, 11) is 0. The third-order valence-corrected chi connectivity index (χ3v) is 4.40. The molecule has 0 amide bonds. The summed E-state index contributed by atoms with van der Waals surface area (Å²) in [5, 5.41) is 7.99. The van der Waals surface area contributed by atoms with E-state index >= 15 is 0 Å². The van der Waals surface area contributed by atoms with Crippen LogP contribution in [0.15, 0.2) is 34.7 Å². The largest absolute Gasteiger partial charge is 0.376 e. The lowest BCUT2D eigenvalue weighted by atomic mass is 10.2. The molecular weight excluding hydrogens is 368 g/mol. The standard InChI is InChI=1S/C14H15ClN6OS2/c15-10-7-11(24-14-16-4-2-5-17-14)20-12(19-10)21-13(23)18-8-9-3-1-6-22-9/h2,4-5,7,9H,1,3,6,8H2,(H2,18,19,20,21,23)/t9-/m0/s1. The molecule has 3 heterocycles. The Bertz CT molecular complexity index is 699. The number of hydrogen-bond acceptors (Lipinski definition) is 7. The molecule has 0 bridgehead atoms. The summed E-state index contributed by atoms with van der Waals surface area (Å²) < 4.78 is 5.54. The molecule has 126 valence electrons. The minimum atomic E-state index is 0.200. The first kappa shape index (κ1) is 17.3. The van der Waals surface area contributed by atoms with Gasteiger partial charge in [0.15, 0.2) is 10.3 Å². The first-order valence-corrected chi connectivity index (χ1v) is 8.95. The second-order valence-corrected chi connectivity index (χ2v) is 6.74. The van der Waals surface area contributed by atoms with Gasteiger partial charge in [-0.3, -0.25) is 0 Å². The van der Waals surface area contributed by atoms with Gasteiger partial charge in [0.25, 0.3) is 0 Å². The third kappa shape index (κ3) is 5.23. The van der Waals surface area contributed by atoms with Crippen molar-refractivity contribution in [2.75, 3.05) is 18.5 Å². The average Bonchev–Trinajstić information content (AvgIpc) is 3.07. The van der Waals surface area contributed by atoms with Gasteiger partial charge in [0.05, 0.1) is 6.10 Å². The second-order valence-electron chi connectivity index (χ2n) is 4.96. The lowest BCUT2D eigenvalue weighted by Crippen LogP contribution is -2.35. The van der Waals surface area contributed by atoms with Crippen LogP contribution in [0.25, 0.3) is 0 Å². The fourth-order valence-electron chi connectivity index (χ4n) is 2.09. The molecule has 0 saturated carbocycles. The maximum absolute atomic E-state index is 6.05. The van der Waals surface area contributed by atoms with Crippen LogP contribution in [-0.2, 0) is 4.74 Å². The number of hydrogen-bond donors (Lipinski definition) is 2. The van der Waals surface area contributed by atoms with Gasteiger partial charge >= 0.3 is 0 Å². The molecule has 0 unspecified atom stereocenters. The average molecular weight is 383 g/mol. The maximum atomic E-state index is 6.05. The zero-order valence-electron chi connectivity index (χ0n) is 12.6. The van der Waals surface area contributed by atoms with Crippen molar-refractivity contribution in [3.8, 4) is 0 Å². The van der Waals surface area contributed by atoms with Crippen LogP contribution >= 0.6 is 35.6 Å². The van der Waals surface area contributed by atoms with E-state index in [-0.39, 0.29) is 6.10 Å². The highest BCUT2D eigenvalue weighted by molar-refractivity contribution is 7.99. The van der Waals surface area contributed by atoms with Gasteiger partial charge in [-0.15, -0.1) is 0 Å². The second kappa shape index (κ2) is 8.52. The number of halogens is 1. The van der Waals surface area contributed by atoms with Crippen LogP contribution in [-0.4, -0.2) is 44.3 Å². The smallest absolute Gasteiger partial charge is 0.231 e. The molecule has 1 aliphatic rings.